The number of hydrogen-bond acceptors (Lipinski definition) is 3. The molecule has 0 atom stereocenters. The number of thiazole rings is 1. The lowest BCUT2D eigenvalue weighted by Gasteiger charge is -2.17. The zero-order valence-electron chi connectivity index (χ0n) is 17.6. The van der Waals surface area contributed by atoms with Crippen molar-refractivity contribution in [2.24, 2.45) is 0 Å². The summed E-state index contributed by atoms with van der Waals surface area (Å²) < 4.78 is 4.75. The molecule has 0 N–H and O–H groups in total. The molecule has 3 heterocycles. The van der Waals surface area contributed by atoms with E-state index in [1.54, 1.807) is 4.40 Å². The van der Waals surface area contributed by atoms with Crippen LogP contribution in [0.3, 0.4) is 0 Å². The molecule has 3 aromatic heterocycles. The molecular weight excluding hydrogens is 390 g/mol. The maximum absolute atomic E-state index is 13.1. The van der Waals surface area contributed by atoms with Crippen molar-refractivity contribution >= 4 is 33.4 Å². The summed E-state index contributed by atoms with van der Waals surface area (Å²) in [5, 5.41) is 0. The van der Waals surface area contributed by atoms with Gasteiger partial charge >= 0.3 is 0 Å². The van der Waals surface area contributed by atoms with Gasteiger partial charge in [0.1, 0.15) is 0 Å². The third kappa shape index (κ3) is 2.73. The van der Waals surface area contributed by atoms with Gasteiger partial charge in [-0.2, -0.15) is 0 Å². The molecule has 30 heavy (non-hydrogen) atoms. The zero-order chi connectivity index (χ0) is 21.0. The van der Waals surface area contributed by atoms with Crippen LogP contribution < -0.4 is 10.1 Å². The van der Waals surface area contributed by atoms with Crippen LogP contribution in [0.1, 0.15) is 35.0 Å². The molecule has 0 aliphatic heterocycles. The Kier molecular flexibility index (Phi) is 4.36. The Balaban J connectivity index is 1.73. The maximum atomic E-state index is 13.1. The summed E-state index contributed by atoms with van der Waals surface area (Å²) in [5.74, 6) is 0. The fraction of sp³-hybridized carbons (Fsp3) is 0.200. The summed E-state index contributed by atoms with van der Waals surface area (Å²) in [6.45, 7) is 8.60. The molecule has 0 spiro atoms. The Morgan fingerprint density at radius 2 is 1.87 bits per heavy atom. The zero-order valence-corrected chi connectivity index (χ0v) is 18.4. The Hall–Kier alpha value is -3.18. The first-order chi connectivity index (χ1) is 14.5. The monoisotopic (exact) mass is 413 g/mol. The van der Waals surface area contributed by atoms with Crippen molar-refractivity contribution < 1.29 is 0 Å². The van der Waals surface area contributed by atoms with E-state index in [4.69, 9.17) is 0 Å². The molecule has 0 bridgehead atoms. The minimum absolute atomic E-state index is 0.00126. The quantitative estimate of drug-likeness (QED) is 0.429. The first-order valence-electron chi connectivity index (χ1n) is 10.2. The van der Waals surface area contributed by atoms with Crippen LogP contribution in [-0.4, -0.2) is 14.0 Å². The second kappa shape index (κ2) is 6.96. The Bertz CT molecular complexity index is 1530. The predicted molar refractivity (Wildman–Crippen MR) is 125 cm³/mol. The van der Waals surface area contributed by atoms with E-state index >= 15 is 0 Å². The van der Waals surface area contributed by atoms with Gasteiger partial charge in [0.2, 0.25) is 0 Å². The highest BCUT2D eigenvalue weighted by Gasteiger charge is 2.15. The molecule has 0 aliphatic carbocycles. The van der Waals surface area contributed by atoms with E-state index in [1.807, 2.05) is 30.3 Å². The second-order valence-corrected chi connectivity index (χ2v) is 8.74. The number of aromatic nitrogens is 3. The number of imidazole rings is 1. The highest BCUT2D eigenvalue weighted by atomic mass is 32.1. The average Bonchev–Trinajstić information content (AvgIpc) is 3.33. The minimum atomic E-state index is -0.00126. The fourth-order valence-electron chi connectivity index (χ4n) is 4.36. The van der Waals surface area contributed by atoms with Gasteiger partial charge in [0.15, 0.2) is 4.96 Å². The summed E-state index contributed by atoms with van der Waals surface area (Å²) in [7, 11) is 0. The van der Waals surface area contributed by atoms with E-state index in [-0.39, 0.29) is 5.56 Å². The van der Waals surface area contributed by atoms with Crippen molar-refractivity contribution in [3.05, 3.63) is 91.5 Å². The van der Waals surface area contributed by atoms with Crippen molar-refractivity contribution in [3.63, 3.8) is 0 Å². The van der Waals surface area contributed by atoms with E-state index in [0.717, 1.165) is 33.7 Å². The minimum Gasteiger partial charge on any atom is -0.317 e. The summed E-state index contributed by atoms with van der Waals surface area (Å²) in [4.78, 5) is 18.5. The van der Waals surface area contributed by atoms with Crippen LogP contribution in [0.4, 0.5) is 0 Å². The highest BCUT2D eigenvalue weighted by Crippen LogP contribution is 2.27. The molecule has 0 aliphatic rings. The first kappa shape index (κ1) is 18.8. The van der Waals surface area contributed by atoms with Gasteiger partial charge in [0, 0.05) is 11.4 Å². The number of hydrogen-bond donors (Lipinski definition) is 0. The number of rotatable bonds is 3. The van der Waals surface area contributed by atoms with Crippen molar-refractivity contribution in [1.29, 1.82) is 0 Å². The Morgan fingerprint density at radius 3 is 2.67 bits per heavy atom. The summed E-state index contributed by atoms with van der Waals surface area (Å²) in [6.07, 6.45) is 2.99. The van der Waals surface area contributed by atoms with Crippen LogP contribution >= 0.6 is 11.3 Å². The molecule has 0 saturated carbocycles. The van der Waals surface area contributed by atoms with Crippen LogP contribution in [0.25, 0.3) is 27.8 Å². The third-order valence-corrected chi connectivity index (χ3v) is 6.80. The van der Waals surface area contributed by atoms with E-state index in [2.05, 4.69) is 61.5 Å². The second-order valence-electron chi connectivity index (χ2n) is 7.73. The van der Waals surface area contributed by atoms with E-state index < -0.39 is 0 Å². The van der Waals surface area contributed by atoms with Crippen molar-refractivity contribution in [1.82, 2.24) is 14.0 Å². The van der Waals surface area contributed by atoms with Crippen LogP contribution in [0.15, 0.2) is 53.3 Å². The molecule has 2 aromatic carbocycles. The molecule has 0 unspecified atom stereocenters. The predicted octanol–water partition coefficient (Wildman–Crippen LogP) is 4.74. The van der Waals surface area contributed by atoms with Crippen LogP contribution in [0, 0.1) is 20.8 Å². The Morgan fingerprint density at radius 1 is 1.07 bits per heavy atom. The normalized spacial score (nSPS) is 12.5. The molecule has 5 aromatic rings. The lowest BCUT2D eigenvalue weighted by Crippen LogP contribution is -2.22. The van der Waals surface area contributed by atoms with E-state index in [0.29, 0.717) is 4.53 Å². The van der Waals surface area contributed by atoms with Gasteiger partial charge in [0.05, 0.1) is 21.3 Å². The van der Waals surface area contributed by atoms with Crippen LogP contribution in [-0.2, 0) is 6.42 Å². The van der Waals surface area contributed by atoms with Gasteiger partial charge in [-0.3, -0.25) is 4.79 Å². The third-order valence-electron chi connectivity index (χ3n) is 5.83. The molecule has 150 valence electrons. The number of fused-ring (bicyclic) bond motifs is 3. The molecule has 0 saturated heterocycles. The summed E-state index contributed by atoms with van der Waals surface area (Å²) in [5.41, 5.74) is 8.95. The average molecular weight is 414 g/mol. The van der Waals surface area contributed by atoms with Gasteiger partial charge in [0.25, 0.3) is 5.56 Å². The van der Waals surface area contributed by atoms with E-state index in [1.165, 1.54) is 33.8 Å². The topological polar surface area (TPSA) is 39.3 Å². The first-order valence-corrected chi connectivity index (χ1v) is 11.0. The maximum Gasteiger partial charge on any atom is 0.274 e. The van der Waals surface area contributed by atoms with Gasteiger partial charge in [-0.05, 0) is 68.2 Å². The van der Waals surface area contributed by atoms with Gasteiger partial charge in [-0.25, -0.2) is 9.38 Å². The fourth-order valence-corrected chi connectivity index (χ4v) is 5.33. The number of aryl methyl sites for hydroxylation is 3. The molecule has 5 rings (SSSR count). The lowest BCUT2D eigenvalue weighted by molar-refractivity contribution is 0.925. The summed E-state index contributed by atoms with van der Waals surface area (Å²) >= 11 is 1.45. The van der Waals surface area contributed by atoms with Crippen molar-refractivity contribution in [2.45, 2.75) is 34.1 Å². The molecule has 5 heteroatoms. The highest BCUT2D eigenvalue weighted by molar-refractivity contribution is 7.15. The number of benzene rings is 2. The lowest BCUT2D eigenvalue weighted by atomic mass is 10.1. The molecule has 4 nitrogen and oxygen atoms in total. The van der Waals surface area contributed by atoms with Crippen LogP contribution in [0.5, 0.6) is 0 Å². The van der Waals surface area contributed by atoms with Gasteiger partial charge < -0.3 is 4.57 Å². The largest absolute Gasteiger partial charge is 0.317 e. The molecule has 0 fully saturated rings. The molecule has 0 radical (unpaired) electrons. The van der Waals surface area contributed by atoms with Crippen molar-refractivity contribution in [2.75, 3.05) is 0 Å². The molecular formula is C25H23N3OS. The summed E-state index contributed by atoms with van der Waals surface area (Å²) in [6, 6.07) is 16.4. The number of para-hydroxylation sites is 3. The standard InChI is InChI=1S/C25H23N3OS/c1-5-18-10-8-9-15(2)23(18)27-16(3)13-19(17(27)4)14-22-24(29)28-21-12-7-6-11-20(21)26-25(28)30-22/h6-14H,5H2,1-4H3/b22-14-. The number of nitrogens with zero attached hydrogens (tertiary/aromatic N) is 3. The van der Waals surface area contributed by atoms with Crippen molar-refractivity contribution in [3.8, 4) is 5.69 Å². The van der Waals surface area contributed by atoms with E-state index in [9.17, 15) is 4.79 Å². The SMILES string of the molecule is CCc1cccc(C)c1-n1c(C)cc(/C=c2\sc3nc4ccccc4n3c2=O)c1C. The van der Waals surface area contributed by atoms with Gasteiger partial charge in [-0.1, -0.05) is 48.6 Å². The smallest absolute Gasteiger partial charge is 0.274 e. The van der Waals surface area contributed by atoms with Gasteiger partial charge in [-0.15, -0.1) is 0 Å². The Labute approximate surface area is 178 Å². The molecule has 0 amide bonds. The van der Waals surface area contributed by atoms with Crippen LogP contribution in [0.2, 0.25) is 0 Å².